The van der Waals surface area contributed by atoms with Crippen molar-refractivity contribution >= 4 is 29.9 Å². The number of hydrogen-bond donors (Lipinski definition) is 2. The maximum absolute atomic E-state index is 5.48. The molecule has 1 aromatic heterocycles. The molecule has 8 heteroatoms. The summed E-state index contributed by atoms with van der Waals surface area (Å²) in [5.41, 5.74) is 2.46. The fourth-order valence-corrected chi connectivity index (χ4v) is 3.92. The monoisotopic (exact) mass is 540 g/mol. The molecule has 2 N–H and O–H groups in total. The second-order valence-corrected chi connectivity index (χ2v) is 7.85. The van der Waals surface area contributed by atoms with E-state index in [-0.39, 0.29) is 24.0 Å². The Balaban J connectivity index is 0.00000341. The number of nitrogens with one attached hydrogen (secondary N) is 2. The number of fused-ring (bicyclic) bond motifs is 1. The largest absolute Gasteiger partial charge is 0.496 e. The molecule has 1 aliphatic rings. The predicted molar refractivity (Wildman–Crippen MR) is 137 cm³/mol. The van der Waals surface area contributed by atoms with E-state index in [4.69, 9.17) is 9.73 Å². The Morgan fingerprint density at radius 3 is 2.84 bits per heavy atom. The van der Waals surface area contributed by atoms with E-state index in [0.717, 1.165) is 75.2 Å². The van der Waals surface area contributed by atoms with Gasteiger partial charge >= 0.3 is 0 Å². The lowest BCUT2D eigenvalue weighted by atomic mass is 10.1. The average molecular weight is 540 g/mol. The molecule has 1 aromatic carbocycles. The quantitative estimate of drug-likeness (QED) is 0.220. The Morgan fingerprint density at radius 2 is 2.03 bits per heavy atom. The van der Waals surface area contributed by atoms with Crippen molar-refractivity contribution in [1.29, 1.82) is 0 Å². The van der Waals surface area contributed by atoms with Crippen LogP contribution < -0.4 is 15.4 Å². The minimum atomic E-state index is 0. The average Bonchev–Trinajstić information content (AvgIpc) is 2.97. The molecule has 2 heterocycles. The lowest BCUT2D eigenvalue weighted by Gasteiger charge is -2.13. The van der Waals surface area contributed by atoms with Crippen LogP contribution in [0.1, 0.15) is 55.4 Å². The number of aryl methyl sites for hydroxylation is 3. The molecule has 0 aliphatic carbocycles. The zero-order valence-electron chi connectivity index (χ0n) is 19.1. The number of aromatic nitrogens is 3. The molecular weight excluding hydrogens is 503 g/mol. The molecule has 2 aromatic rings. The molecule has 0 spiro atoms. The van der Waals surface area contributed by atoms with Gasteiger partial charge < -0.3 is 19.9 Å². The van der Waals surface area contributed by atoms with Gasteiger partial charge in [-0.3, -0.25) is 4.99 Å². The highest BCUT2D eigenvalue weighted by Gasteiger charge is 2.14. The Morgan fingerprint density at radius 1 is 1.16 bits per heavy atom. The van der Waals surface area contributed by atoms with E-state index in [1.54, 1.807) is 7.11 Å². The van der Waals surface area contributed by atoms with Crippen molar-refractivity contribution in [3.8, 4) is 5.75 Å². The number of rotatable bonds is 9. The fraction of sp³-hybridized carbons (Fsp3) is 0.609. The van der Waals surface area contributed by atoms with Gasteiger partial charge in [-0.2, -0.15) is 0 Å². The highest BCUT2D eigenvalue weighted by Crippen LogP contribution is 2.19. The molecule has 1 aliphatic heterocycles. The summed E-state index contributed by atoms with van der Waals surface area (Å²) in [6.45, 7) is 7.68. The van der Waals surface area contributed by atoms with Gasteiger partial charge in [0, 0.05) is 39.0 Å². The van der Waals surface area contributed by atoms with Gasteiger partial charge in [0.1, 0.15) is 17.4 Å². The normalized spacial score (nSPS) is 13.7. The molecule has 0 bridgehead atoms. The van der Waals surface area contributed by atoms with Crippen LogP contribution in [0.25, 0.3) is 0 Å². The molecule has 172 valence electrons. The summed E-state index contributed by atoms with van der Waals surface area (Å²) in [5, 5.41) is 15.6. The van der Waals surface area contributed by atoms with Gasteiger partial charge in [-0.25, -0.2) is 0 Å². The number of halogens is 1. The number of guanidine groups is 1. The Labute approximate surface area is 203 Å². The smallest absolute Gasteiger partial charge is 0.191 e. The maximum Gasteiger partial charge on any atom is 0.191 e. The number of aliphatic imine (C=N–C) groups is 1. The third-order valence-corrected chi connectivity index (χ3v) is 5.48. The third kappa shape index (κ3) is 7.66. The first-order valence-corrected chi connectivity index (χ1v) is 11.3. The van der Waals surface area contributed by atoms with Crippen LogP contribution in [0.5, 0.6) is 5.75 Å². The summed E-state index contributed by atoms with van der Waals surface area (Å²) in [4.78, 5) is 4.74. The van der Waals surface area contributed by atoms with Crippen LogP contribution in [0.2, 0.25) is 0 Å². The lowest BCUT2D eigenvalue weighted by Crippen LogP contribution is -2.38. The van der Waals surface area contributed by atoms with E-state index in [1.165, 1.54) is 30.4 Å². The molecule has 31 heavy (non-hydrogen) atoms. The van der Waals surface area contributed by atoms with E-state index in [2.05, 4.69) is 51.4 Å². The number of methoxy groups -OCH3 is 1. The molecule has 0 fully saturated rings. The highest BCUT2D eigenvalue weighted by atomic mass is 127. The number of hydrogen-bond acceptors (Lipinski definition) is 4. The SMILES string of the molecule is CCNC(=NCCCc1nnc2n1CCCCC2)NCCc1cc(C)ccc1OC.I. The third-order valence-electron chi connectivity index (χ3n) is 5.48. The van der Waals surface area contributed by atoms with Gasteiger partial charge in [-0.05, 0) is 51.2 Å². The molecule has 0 amide bonds. The van der Waals surface area contributed by atoms with Crippen molar-refractivity contribution in [3.05, 3.63) is 41.0 Å². The number of benzene rings is 1. The molecular formula is C23H37IN6O. The minimum Gasteiger partial charge on any atom is -0.496 e. The summed E-state index contributed by atoms with van der Waals surface area (Å²) in [5.74, 6) is 4.08. The fourth-order valence-electron chi connectivity index (χ4n) is 3.92. The zero-order valence-corrected chi connectivity index (χ0v) is 21.4. The Hall–Kier alpha value is -1.84. The van der Waals surface area contributed by atoms with Crippen LogP contribution in [-0.2, 0) is 25.8 Å². The summed E-state index contributed by atoms with van der Waals surface area (Å²) < 4.78 is 7.81. The van der Waals surface area contributed by atoms with Crippen molar-refractivity contribution in [1.82, 2.24) is 25.4 Å². The zero-order chi connectivity index (χ0) is 21.2. The van der Waals surface area contributed by atoms with E-state index in [9.17, 15) is 0 Å². The summed E-state index contributed by atoms with van der Waals surface area (Å²) >= 11 is 0. The van der Waals surface area contributed by atoms with Crippen LogP contribution in [0, 0.1) is 6.92 Å². The first-order chi connectivity index (χ1) is 14.7. The number of nitrogens with zero attached hydrogens (tertiary/aromatic N) is 4. The predicted octanol–water partition coefficient (Wildman–Crippen LogP) is 3.67. The van der Waals surface area contributed by atoms with Crippen LogP contribution >= 0.6 is 24.0 Å². The van der Waals surface area contributed by atoms with Crippen LogP contribution in [0.15, 0.2) is 23.2 Å². The second kappa shape index (κ2) is 13.5. The first-order valence-electron chi connectivity index (χ1n) is 11.3. The minimum absolute atomic E-state index is 0. The van der Waals surface area contributed by atoms with Crippen molar-refractivity contribution in [2.45, 2.75) is 65.3 Å². The molecule has 0 saturated heterocycles. The standard InChI is InChI=1S/C23H36N6O.HI/c1-4-24-23(26-15-13-19-17-18(2)11-12-20(19)30-3)25-14-8-10-22-28-27-21-9-6-5-7-16-29(21)22;/h11-12,17H,4-10,13-16H2,1-3H3,(H2,24,25,26);1H. The molecule has 3 rings (SSSR count). The first kappa shape index (κ1) is 25.4. The van der Waals surface area contributed by atoms with Crippen molar-refractivity contribution in [2.75, 3.05) is 26.7 Å². The van der Waals surface area contributed by atoms with Gasteiger partial charge in [-0.1, -0.05) is 24.1 Å². The van der Waals surface area contributed by atoms with Crippen molar-refractivity contribution in [2.24, 2.45) is 4.99 Å². The van der Waals surface area contributed by atoms with Crippen LogP contribution in [0.4, 0.5) is 0 Å². The van der Waals surface area contributed by atoms with Gasteiger partial charge in [0.15, 0.2) is 5.96 Å². The Bertz CT molecular complexity index is 835. The lowest BCUT2D eigenvalue weighted by molar-refractivity contribution is 0.409. The number of ether oxygens (including phenoxy) is 1. The van der Waals surface area contributed by atoms with Gasteiger partial charge in [-0.15, -0.1) is 34.2 Å². The summed E-state index contributed by atoms with van der Waals surface area (Å²) in [7, 11) is 1.72. The van der Waals surface area contributed by atoms with E-state index in [1.807, 2.05) is 6.07 Å². The highest BCUT2D eigenvalue weighted by molar-refractivity contribution is 14.0. The summed E-state index contributed by atoms with van der Waals surface area (Å²) in [6, 6.07) is 6.30. The van der Waals surface area contributed by atoms with E-state index in [0.29, 0.717) is 0 Å². The maximum atomic E-state index is 5.48. The van der Waals surface area contributed by atoms with Crippen LogP contribution in [0.3, 0.4) is 0 Å². The van der Waals surface area contributed by atoms with Crippen molar-refractivity contribution < 1.29 is 4.74 Å². The van der Waals surface area contributed by atoms with Gasteiger partial charge in [0.2, 0.25) is 0 Å². The van der Waals surface area contributed by atoms with Gasteiger partial charge in [0.05, 0.1) is 7.11 Å². The van der Waals surface area contributed by atoms with Crippen LogP contribution in [-0.4, -0.2) is 47.5 Å². The summed E-state index contributed by atoms with van der Waals surface area (Å²) in [6.07, 6.45) is 7.60. The molecule has 0 atom stereocenters. The molecule has 0 saturated carbocycles. The van der Waals surface area contributed by atoms with E-state index >= 15 is 0 Å². The van der Waals surface area contributed by atoms with Gasteiger partial charge in [0.25, 0.3) is 0 Å². The molecule has 0 radical (unpaired) electrons. The topological polar surface area (TPSA) is 76.4 Å². The van der Waals surface area contributed by atoms with E-state index < -0.39 is 0 Å². The second-order valence-electron chi connectivity index (χ2n) is 7.85. The Kier molecular flexibility index (Phi) is 11.1. The molecule has 0 unspecified atom stereocenters. The van der Waals surface area contributed by atoms with Crippen molar-refractivity contribution in [3.63, 3.8) is 0 Å². The molecule has 7 nitrogen and oxygen atoms in total.